The highest BCUT2D eigenvalue weighted by Gasteiger charge is 2.18. The molecule has 19 heavy (non-hydrogen) atoms. The number of rotatable bonds is 5. The number of nitrogens with one attached hydrogen (secondary N) is 1. The number of piperidine rings is 1. The first-order valence-electron chi connectivity index (χ1n) is 6.31. The molecule has 0 aromatic rings. The summed E-state index contributed by atoms with van der Waals surface area (Å²) in [4.78, 5) is 2.73. The van der Waals surface area contributed by atoms with E-state index >= 15 is 0 Å². The molecule has 0 saturated carbocycles. The second kappa shape index (κ2) is 11.7. The Labute approximate surface area is 124 Å². The highest BCUT2D eigenvalue weighted by atomic mass is 15.1. The van der Waals surface area contributed by atoms with Crippen molar-refractivity contribution < 1.29 is 0 Å². The summed E-state index contributed by atoms with van der Waals surface area (Å²) in [6.45, 7) is 2.83. The molecule has 0 unspecified atom stereocenters. The standard InChI is InChI=1S/C6H12N4.B9/c7-10-9-5-6-1-3-8-4-2-6;1-6-9(7(2)3)8(4)5/h6,8H,1-5H2;. The number of azide groups is 1. The van der Waals surface area contributed by atoms with Crippen LogP contribution in [0.3, 0.4) is 0 Å². The van der Waals surface area contributed by atoms with Gasteiger partial charge in [-0.1, -0.05) is 5.11 Å². The summed E-state index contributed by atoms with van der Waals surface area (Å²) in [6.07, 6.45) is 0.841. The quantitative estimate of drug-likeness (QED) is 0.252. The Bertz CT molecular complexity index is 257. The van der Waals surface area contributed by atoms with E-state index in [4.69, 9.17) is 44.2 Å². The Hall–Kier alpha value is -0.146. The van der Waals surface area contributed by atoms with Crippen LogP contribution in [0.15, 0.2) is 5.11 Å². The molecule has 1 N–H and O–H groups in total. The molecular formula is C6H12B9N4. The van der Waals surface area contributed by atoms with Gasteiger partial charge in [-0.25, -0.2) is 0 Å². The zero-order chi connectivity index (χ0) is 14.7. The van der Waals surface area contributed by atoms with Gasteiger partial charge in [0.1, 0.15) is 0 Å². The molecule has 0 aliphatic carbocycles. The SMILES string of the molecule is [B][B]B(B([B])[B])B([B])[B].[N-]=[N+]=NCC1CCNCC1. The van der Waals surface area contributed by atoms with Crippen LogP contribution in [0.4, 0.5) is 0 Å². The van der Waals surface area contributed by atoms with Crippen molar-refractivity contribution in [1.82, 2.24) is 5.32 Å². The topological polar surface area (TPSA) is 60.8 Å². The van der Waals surface area contributed by atoms with Crippen LogP contribution in [0.25, 0.3) is 10.4 Å². The molecule has 11 radical (unpaired) electrons. The molecular weight excluding hydrogens is 225 g/mol. The smallest absolute Gasteiger partial charge is 0.0287 e. The van der Waals surface area contributed by atoms with Crippen LogP contribution in [0.2, 0.25) is 0 Å². The fraction of sp³-hybridized carbons (Fsp3) is 1.00. The highest BCUT2D eigenvalue weighted by molar-refractivity contribution is 7.93. The minimum absolute atomic E-state index is 0.315. The van der Waals surface area contributed by atoms with Gasteiger partial charge in [-0.3, -0.25) is 0 Å². The lowest BCUT2D eigenvalue weighted by Gasteiger charge is -2.20. The van der Waals surface area contributed by atoms with Gasteiger partial charge in [-0.2, -0.15) is 0 Å². The van der Waals surface area contributed by atoms with E-state index in [2.05, 4.69) is 15.3 Å². The molecule has 0 spiro atoms. The van der Waals surface area contributed by atoms with E-state index in [0.717, 1.165) is 25.9 Å². The molecule has 1 aliphatic heterocycles. The maximum Gasteiger partial charge on any atom is 0.0287 e. The van der Waals surface area contributed by atoms with E-state index in [1.807, 2.05) is 0 Å². The second-order valence-corrected chi connectivity index (χ2v) is 4.53. The predicted octanol–water partition coefficient (Wildman–Crippen LogP) is -2.13. The summed E-state index contributed by atoms with van der Waals surface area (Å²) in [5.74, 6) is 0.622. The fourth-order valence-corrected chi connectivity index (χ4v) is 1.73. The number of hydrogen-bond acceptors (Lipinski definition) is 2. The fourth-order valence-electron chi connectivity index (χ4n) is 1.73. The van der Waals surface area contributed by atoms with Crippen molar-refractivity contribution in [2.45, 2.75) is 12.8 Å². The Balaban J connectivity index is 0.000000344. The maximum absolute atomic E-state index is 8.04. The van der Waals surface area contributed by atoms with Crippen LogP contribution in [-0.4, -0.2) is 84.5 Å². The molecule has 0 atom stereocenters. The highest BCUT2D eigenvalue weighted by Crippen LogP contribution is 2.11. The largest absolute Gasteiger partial charge is 0.317 e. The third kappa shape index (κ3) is 9.40. The van der Waals surface area contributed by atoms with Gasteiger partial charge in [0.2, 0.25) is 0 Å². The van der Waals surface area contributed by atoms with E-state index in [0.29, 0.717) is 12.5 Å². The van der Waals surface area contributed by atoms with E-state index in [9.17, 15) is 0 Å². The molecule has 1 saturated heterocycles. The zero-order valence-corrected chi connectivity index (χ0v) is 11.2. The first-order valence-corrected chi connectivity index (χ1v) is 6.31. The van der Waals surface area contributed by atoms with Gasteiger partial charge in [0, 0.05) is 76.4 Å². The molecule has 0 bridgehead atoms. The van der Waals surface area contributed by atoms with Gasteiger partial charge in [-0.05, 0) is 37.4 Å². The lowest BCUT2D eigenvalue weighted by molar-refractivity contribution is 0.382. The third-order valence-electron chi connectivity index (χ3n) is 2.97. The molecule has 1 heterocycles. The average Bonchev–Trinajstić information content (AvgIpc) is 2.38. The third-order valence-corrected chi connectivity index (χ3v) is 2.97. The number of hydrogen-bond donors (Lipinski definition) is 1. The Morgan fingerprint density at radius 3 is 2.05 bits per heavy atom. The summed E-state index contributed by atoms with van der Waals surface area (Å²) in [7, 11) is 27.5. The van der Waals surface area contributed by atoms with Gasteiger partial charge < -0.3 is 5.32 Å². The summed E-state index contributed by atoms with van der Waals surface area (Å²) in [5, 5.41) is 6.80. The first-order chi connectivity index (χ1) is 9.02. The van der Waals surface area contributed by atoms with Crippen molar-refractivity contribution >= 4 is 64.9 Å². The van der Waals surface area contributed by atoms with Gasteiger partial charge in [0.25, 0.3) is 0 Å². The zero-order valence-electron chi connectivity index (χ0n) is 11.2. The van der Waals surface area contributed by atoms with Crippen molar-refractivity contribution in [3.63, 3.8) is 0 Å². The van der Waals surface area contributed by atoms with Crippen LogP contribution < -0.4 is 5.32 Å². The van der Waals surface area contributed by atoms with Gasteiger partial charge in [0.15, 0.2) is 0 Å². The average molecular weight is 237 g/mol. The minimum atomic E-state index is -0.574. The molecule has 0 aromatic carbocycles. The molecule has 1 fully saturated rings. The van der Waals surface area contributed by atoms with Crippen LogP contribution in [0, 0.1) is 5.92 Å². The molecule has 83 valence electrons. The summed E-state index contributed by atoms with van der Waals surface area (Å²) < 4.78 is 0. The molecule has 0 amide bonds. The predicted molar refractivity (Wildman–Crippen MR) is 91.4 cm³/mol. The van der Waals surface area contributed by atoms with Crippen molar-refractivity contribution in [2.75, 3.05) is 19.6 Å². The van der Waals surface area contributed by atoms with Crippen LogP contribution in [-0.2, 0) is 0 Å². The molecule has 1 aliphatic rings. The Morgan fingerprint density at radius 1 is 1.21 bits per heavy atom. The van der Waals surface area contributed by atoms with Gasteiger partial charge >= 0.3 is 0 Å². The van der Waals surface area contributed by atoms with Crippen LogP contribution in [0.1, 0.15) is 12.8 Å². The minimum Gasteiger partial charge on any atom is -0.317 e. The first kappa shape index (κ1) is 18.9. The summed E-state index contributed by atoms with van der Waals surface area (Å²) >= 11 is 0. The van der Waals surface area contributed by atoms with E-state index in [-0.39, 0.29) is 6.39 Å². The van der Waals surface area contributed by atoms with Crippen molar-refractivity contribution in [3.05, 3.63) is 10.4 Å². The van der Waals surface area contributed by atoms with Gasteiger partial charge in [-0.15, -0.1) is 0 Å². The molecule has 1 rings (SSSR count). The van der Waals surface area contributed by atoms with E-state index in [1.165, 1.54) is 7.06 Å². The van der Waals surface area contributed by atoms with Crippen molar-refractivity contribution in [1.29, 1.82) is 0 Å². The Morgan fingerprint density at radius 2 is 1.74 bits per heavy atom. The van der Waals surface area contributed by atoms with E-state index < -0.39 is 12.8 Å². The van der Waals surface area contributed by atoms with E-state index in [1.54, 1.807) is 0 Å². The Kier molecular flexibility index (Phi) is 11.6. The second-order valence-electron chi connectivity index (χ2n) is 4.53. The van der Waals surface area contributed by atoms with Crippen molar-refractivity contribution in [2.24, 2.45) is 11.0 Å². The molecule has 0 aromatic heterocycles. The van der Waals surface area contributed by atoms with Gasteiger partial charge in [0.05, 0.1) is 0 Å². The summed E-state index contributed by atoms with van der Waals surface area (Å²) in [6, 6.07) is 0. The lowest BCUT2D eigenvalue weighted by atomic mass is 8.64. The normalized spacial score (nSPS) is 14.3. The molecule has 4 nitrogen and oxygen atoms in total. The van der Waals surface area contributed by atoms with Crippen LogP contribution in [0.5, 0.6) is 0 Å². The maximum atomic E-state index is 8.04. The van der Waals surface area contributed by atoms with Crippen molar-refractivity contribution in [3.8, 4) is 0 Å². The molecule has 13 heteroatoms. The van der Waals surface area contributed by atoms with Crippen LogP contribution >= 0.6 is 0 Å². The number of nitrogens with zero attached hydrogens (tertiary/aromatic N) is 3. The summed E-state index contributed by atoms with van der Waals surface area (Å²) in [5.41, 5.74) is 8.04. The monoisotopic (exact) mass is 239 g/mol. The lowest BCUT2D eigenvalue weighted by Crippen LogP contribution is -2.55.